The van der Waals surface area contributed by atoms with Crippen LogP contribution < -0.4 is 0 Å². The molecule has 0 saturated heterocycles. The fraction of sp³-hybridized carbons (Fsp3) is 0.357. The van der Waals surface area contributed by atoms with Crippen molar-refractivity contribution in [3.05, 3.63) is 34.7 Å². The lowest BCUT2D eigenvalue weighted by Crippen LogP contribution is -2.18. The highest BCUT2D eigenvalue weighted by molar-refractivity contribution is 9.06. The highest BCUT2D eigenvalue weighted by atomic mass is 79.9. The predicted octanol–water partition coefficient (Wildman–Crippen LogP) is 5.68. The van der Waals surface area contributed by atoms with Crippen LogP contribution in [0.1, 0.15) is 29.1 Å². The van der Waals surface area contributed by atoms with Crippen LogP contribution >= 0.6 is 35.2 Å². The van der Waals surface area contributed by atoms with Gasteiger partial charge in [0.2, 0.25) is 0 Å². The smallest absolute Gasteiger partial charge is 0.379 e. The Bertz CT molecular complexity index is 785. The standard InChI is InChI=1S/C14H14BrF2O5PS/c1-3-20-23(19,21-4-2)14(16,17)10-5-6-11-9(7-10)8-12(24-11)13(18)22-15/h5-8H,3-4H2,1-2H3. The molecule has 0 N–H and O–H groups in total. The molecule has 0 aliphatic carbocycles. The van der Waals surface area contributed by atoms with Gasteiger partial charge in [0.1, 0.15) is 4.88 Å². The third-order valence-corrected chi connectivity index (χ3v) is 6.61. The Kier molecular flexibility index (Phi) is 6.14. The lowest BCUT2D eigenvalue weighted by molar-refractivity contribution is 0.0362. The third kappa shape index (κ3) is 3.55. The normalized spacial score (nSPS) is 12.5. The SMILES string of the molecule is CCOP(=O)(OCC)C(F)(F)c1ccc2sc(C(=O)OBr)cc2c1. The summed E-state index contributed by atoms with van der Waals surface area (Å²) in [5.74, 6) is -0.626. The summed E-state index contributed by atoms with van der Waals surface area (Å²) in [4.78, 5) is 11.8. The number of alkyl halides is 2. The first kappa shape index (κ1) is 19.5. The minimum atomic E-state index is -4.67. The molecule has 1 heterocycles. The maximum absolute atomic E-state index is 14.7. The van der Waals surface area contributed by atoms with E-state index in [4.69, 9.17) is 9.05 Å². The van der Waals surface area contributed by atoms with Crippen LogP contribution in [0, 0.1) is 0 Å². The van der Waals surface area contributed by atoms with Crippen LogP contribution in [-0.2, 0) is 23.1 Å². The van der Waals surface area contributed by atoms with E-state index >= 15 is 0 Å². The first-order chi connectivity index (χ1) is 11.3. The zero-order valence-electron chi connectivity index (χ0n) is 12.8. The number of carbonyl (C=O) groups is 1. The summed E-state index contributed by atoms with van der Waals surface area (Å²) in [5.41, 5.74) is -4.32. The Balaban J connectivity index is 2.49. The molecule has 5 nitrogen and oxygen atoms in total. The van der Waals surface area contributed by atoms with Gasteiger partial charge in [0, 0.05) is 10.3 Å². The van der Waals surface area contributed by atoms with Gasteiger partial charge in [0.05, 0.1) is 13.2 Å². The predicted molar refractivity (Wildman–Crippen MR) is 90.9 cm³/mol. The number of benzene rings is 1. The van der Waals surface area contributed by atoms with E-state index in [1.54, 1.807) is 0 Å². The second-order valence-corrected chi connectivity index (χ2v) is 8.08. The van der Waals surface area contributed by atoms with Gasteiger partial charge in [-0.3, -0.25) is 4.57 Å². The Morgan fingerprint density at radius 3 is 2.42 bits per heavy atom. The van der Waals surface area contributed by atoms with Gasteiger partial charge in [0.25, 0.3) is 0 Å². The Morgan fingerprint density at radius 1 is 1.25 bits per heavy atom. The third-order valence-electron chi connectivity index (χ3n) is 3.08. The Hall–Kier alpha value is -0.860. The summed E-state index contributed by atoms with van der Waals surface area (Å²) >= 11 is 3.68. The molecule has 2 rings (SSSR count). The molecule has 1 aromatic carbocycles. The maximum Gasteiger partial charge on any atom is 0.404 e. The molecule has 0 unspecified atom stereocenters. The molecule has 1 aromatic heterocycles. The molecule has 0 spiro atoms. The number of fused-ring (bicyclic) bond motifs is 1. The number of thiophene rings is 1. The van der Waals surface area contributed by atoms with Crippen LogP contribution in [0.15, 0.2) is 24.3 Å². The Labute approximate surface area is 149 Å². The van der Waals surface area contributed by atoms with Crippen molar-refractivity contribution in [2.24, 2.45) is 0 Å². The molecule has 0 amide bonds. The van der Waals surface area contributed by atoms with Crippen molar-refractivity contribution >= 4 is 51.2 Å². The van der Waals surface area contributed by atoms with E-state index in [-0.39, 0.29) is 18.1 Å². The van der Waals surface area contributed by atoms with Gasteiger partial charge in [0.15, 0.2) is 16.3 Å². The maximum atomic E-state index is 14.7. The van der Waals surface area contributed by atoms with E-state index in [2.05, 4.69) is 20.1 Å². The van der Waals surface area contributed by atoms with E-state index < -0.39 is 24.8 Å². The zero-order chi connectivity index (χ0) is 18.0. The highest BCUT2D eigenvalue weighted by Gasteiger charge is 2.54. The lowest BCUT2D eigenvalue weighted by Gasteiger charge is -2.26. The summed E-state index contributed by atoms with van der Waals surface area (Å²) < 4.78 is 56.5. The summed E-state index contributed by atoms with van der Waals surface area (Å²) in [7, 11) is -4.67. The molecular weight excluding hydrogens is 429 g/mol. The van der Waals surface area contributed by atoms with Gasteiger partial charge in [-0.1, -0.05) is 6.07 Å². The quantitative estimate of drug-likeness (QED) is 0.515. The number of carbonyl (C=O) groups excluding carboxylic acids is 1. The average molecular weight is 443 g/mol. The van der Waals surface area contributed by atoms with Crippen molar-refractivity contribution in [3.8, 4) is 0 Å². The van der Waals surface area contributed by atoms with Crippen molar-refractivity contribution < 1.29 is 31.0 Å². The molecule has 0 atom stereocenters. The molecule has 0 bridgehead atoms. The molecule has 24 heavy (non-hydrogen) atoms. The van der Waals surface area contributed by atoms with Gasteiger partial charge in [-0.05, 0) is 37.4 Å². The fourth-order valence-electron chi connectivity index (χ4n) is 2.07. The first-order valence-corrected chi connectivity index (χ1v) is 9.93. The Morgan fingerprint density at radius 2 is 1.88 bits per heavy atom. The van der Waals surface area contributed by atoms with E-state index in [0.29, 0.717) is 10.1 Å². The number of hydrogen-bond acceptors (Lipinski definition) is 6. The first-order valence-electron chi connectivity index (χ1n) is 6.93. The lowest BCUT2D eigenvalue weighted by atomic mass is 10.1. The molecule has 0 radical (unpaired) electrons. The second-order valence-electron chi connectivity index (χ2n) is 4.60. The van der Waals surface area contributed by atoms with Crippen LogP contribution in [0.2, 0.25) is 0 Å². The molecule has 10 heteroatoms. The largest absolute Gasteiger partial charge is 0.404 e. The monoisotopic (exact) mass is 442 g/mol. The zero-order valence-corrected chi connectivity index (χ0v) is 16.1. The van der Waals surface area contributed by atoms with Crippen LogP contribution in [0.4, 0.5) is 8.78 Å². The summed E-state index contributed by atoms with van der Waals surface area (Å²) in [6, 6.07) is 5.17. The molecule has 0 aliphatic rings. The minimum absolute atomic E-state index is 0.172. The topological polar surface area (TPSA) is 61.8 Å². The highest BCUT2D eigenvalue weighted by Crippen LogP contribution is 2.66. The van der Waals surface area contributed by atoms with Crippen molar-refractivity contribution in [3.63, 3.8) is 0 Å². The number of halogens is 3. The van der Waals surface area contributed by atoms with E-state index in [1.807, 2.05) is 0 Å². The molecular formula is C14H14BrF2O5PS. The molecule has 0 fully saturated rings. The average Bonchev–Trinajstić information content (AvgIpc) is 2.97. The molecule has 0 aliphatic heterocycles. The molecule has 2 aromatic rings. The van der Waals surface area contributed by atoms with Gasteiger partial charge in [-0.2, -0.15) is 8.78 Å². The van der Waals surface area contributed by atoms with Gasteiger partial charge >= 0.3 is 19.2 Å². The van der Waals surface area contributed by atoms with Gasteiger partial charge in [-0.15, -0.1) is 11.3 Å². The number of rotatable bonds is 7. The van der Waals surface area contributed by atoms with Gasteiger partial charge < -0.3 is 12.9 Å². The van der Waals surface area contributed by atoms with Crippen molar-refractivity contribution in [2.45, 2.75) is 19.5 Å². The van der Waals surface area contributed by atoms with E-state index in [1.165, 1.54) is 32.0 Å². The number of hydrogen-bond donors (Lipinski definition) is 0. The van der Waals surface area contributed by atoms with Crippen LogP contribution in [0.25, 0.3) is 10.1 Å². The van der Waals surface area contributed by atoms with E-state index in [9.17, 15) is 18.1 Å². The summed E-state index contributed by atoms with van der Waals surface area (Å²) in [6.07, 6.45) is 0. The van der Waals surface area contributed by atoms with Gasteiger partial charge in [-0.25, -0.2) is 4.79 Å². The van der Waals surface area contributed by atoms with Crippen LogP contribution in [0.5, 0.6) is 0 Å². The van der Waals surface area contributed by atoms with Crippen molar-refractivity contribution in [2.75, 3.05) is 13.2 Å². The summed E-state index contributed by atoms with van der Waals surface area (Å²) in [6.45, 7) is 2.58. The summed E-state index contributed by atoms with van der Waals surface area (Å²) in [5, 5.41) is 0.407. The van der Waals surface area contributed by atoms with Crippen molar-refractivity contribution in [1.82, 2.24) is 0 Å². The molecule has 132 valence electrons. The molecule has 0 saturated carbocycles. The van der Waals surface area contributed by atoms with Crippen molar-refractivity contribution in [1.29, 1.82) is 0 Å². The fourth-order valence-corrected chi connectivity index (χ4v) is 4.80. The van der Waals surface area contributed by atoms with Crippen LogP contribution in [-0.4, -0.2) is 19.2 Å². The minimum Gasteiger partial charge on any atom is -0.379 e. The van der Waals surface area contributed by atoms with Crippen LogP contribution in [0.3, 0.4) is 0 Å². The van der Waals surface area contributed by atoms with E-state index in [0.717, 1.165) is 17.4 Å². The second kappa shape index (κ2) is 7.58.